The lowest BCUT2D eigenvalue weighted by atomic mass is 9.97. The predicted octanol–water partition coefficient (Wildman–Crippen LogP) is 3.03. The molecule has 1 atom stereocenters. The third-order valence-electron chi connectivity index (χ3n) is 3.12. The Morgan fingerprint density at radius 1 is 1.25 bits per heavy atom. The van der Waals surface area contributed by atoms with Gasteiger partial charge in [-0.15, -0.1) is 0 Å². The van der Waals surface area contributed by atoms with Crippen LogP contribution in [0.15, 0.2) is 48.7 Å². The number of rotatable bonds is 5. The van der Waals surface area contributed by atoms with Crippen LogP contribution in [0.4, 0.5) is 4.39 Å². The molecular weight excluding hydrogens is 255 g/mol. The fraction of sp³-hybridized carbons (Fsp3) is 0.250. The highest BCUT2D eigenvalue weighted by atomic mass is 19.1. The van der Waals surface area contributed by atoms with E-state index in [4.69, 9.17) is 0 Å². The van der Waals surface area contributed by atoms with Crippen molar-refractivity contribution >= 4 is 5.91 Å². The number of pyridine rings is 1. The standard InChI is InChI=1S/C16H17FN2O/c1-12(13-5-7-14(17)8-6-13)10-16(20)19-11-15-4-2-3-9-18-15/h2-9,12H,10-11H2,1H3,(H,19,20). The van der Waals surface area contributed by atoms with Crippen molar-refractivity contribution < 1.29 is 9.18 Å². The molecule has 1 unspecified atom stereocenters. The molecule has 3 nitrogen and oxygen atoms in total. The van der Waals surface area contributed by atoms with Crippen LogP contribution in [0.5, 0.6) is 0 Å². The van der Waals surface area contributed by atoms with Crippen molar-refractivity contribution in [2.45, 2.75) is 25.8 Å². The second-order valence-electron chi connectivity index (χ2n) is 4.75. The van der Waals surface area contributed by atoms with Crippen molar-refractivity contribution in [1.82, 2.24) is 10.3 Å². The summed E-state index contributed by atoms with van der Waals surface area (Å²) in [6.45, 7) is 2.38. The Hall–Kier alpha value is -2.23. The van der Waals surface area contributed by atoms with Gasteiger partial charge in [0.15, 0.2) is 0 Å². The normalized spacial score (nSPS) is 11.9. The van der Waals surface area contributed by atoms with Gasteiger partial charge in [-0.3, -0.25) is 9.78 Å². The Morgan fingerprint density at radius 3 is 2.65 bits per heavy atom. The summed E-state index contributed by atoms with van der Waals surface area (Å²) in [6.07, 6.45) is 2.07. The SMILES string of the molecule is CC(CC(=O)NCc1ccccn1)c1ccc(F)cc1. The predicted molar refractivity (Wildman–Crippen MR) is 75.5 cm³/mol. The number of benzene rings is 1. The van der Waals surface area contributed by atoms with Crippen LogP contribution >= 0.6 is 0 Å². The summed E-state index contributed by atoms with van der Waals surface area (Å²) < 4.78 is 12.8. The van der Waals surface area contributed by atoms with Crippen LogP contribution in [-0.4, -0.2) is 10.9 Å². The Labute approximate surface area is 117 Å². The van der Waals surface area contributed by atoms with Crippen molar-refractivity contribution in [2.75, 3.05) is 0 Å². The molecule has 20 heavy (non-hydrogen) atoms. The maximum absolute atomic E-state index is 12.8. The molecule has 4 heteroatoms. The van der Waals surface area contributed by atoms with Gasteiger partial charge in [0.1, 0.15) is 5.82 Å². The number of hydrogen-bond acceptors (Lipinski definition) is 2. The Balaban J connectivity index is 1.83. The second kappa shape index (κ2) is 6.80. The zero-order valence-electron chi connectivity index (χ0n) is 11.3. The van der Waals surface area contributed by atoms with E-state index in [-0.39, 0.29) is 17.6 Å². The average Bonchev–Trinajstić information content (AvgIpc) is 2.47. The molecule has 0 radical (unpaired) electrons. The number of hydrogen-bond donors (Lipinski definition) is 1. The van der Waals surface area contributed by atoms with Gasteiger partial charge in [-0.1, -0.05) is 25.1 Å². The Morgan fingerprint density at radius 2 is 2.00 bits per heavy atom. The maximum Gasteiger partial charge on any atom is 0.220 e. The van der Waals surface area contributed by atoms with Gasteiger partial charge in [-0.25, -0.2) is 4.39 Å². The smallest absolute Gasteiger partial charge is 0.220 e. The molecule has 0 bridgehead atoms. The molecule has 0 aliphatic rings. The maximum atomic E-state index is 12.8. The summed E-state index contributed by atoms with van der Waals surface area (Å²) in [4.78, 5) is 16.0. The molecule has 1 N–H and O–H groups in total. The number of carbonyl (C=O) groups excluding carboxylic acids is 1. The first-order valence-electron chi connectivity index (χ1n) is 6.57. The van der Waals surface area contributed by atoms with Crippen LogP contribution in [0.1, 0.15) is 30.5 Å². The largest absolute Gasteiger partial charge is 0.350 e. The Bertz CT molecular complexity index is 554. The number of carbonyl (C=O) groups is 1. The molecular formula is C16H17FN2O. The van der Waals surface area contributed by atoms with Crippen LogP contribution in [0.2, 0.25) is 0 Å². The van der Waals surface area contributed by atoms with E-state index in [1.165, 1.54) is 12.1 Å². The highest BCUT2D eigenvalue weighted by molar-refractivity contribution is 5.76. The summed E-state index contributed by atoms with van der Waals surface area (Å²) in [5.74, 6) is -0.243. The van der Waals surface area contributed by atoms with Crippen LogP contribution < -0.4 is 5.32 Å². The minimum atomic E-state index is -0.263. The number of aromatic nitrogens is 1. The Kier molecular flexibility index (Phi) is 4.82. The minimum absolute atomic E-state index is 0.0347. The zero-order valence-corrected chi connectivity index (χ0v) is 11.3. The molecule has 2 aromatic rings. The van der Waals surface area contributed by atoms with Crippen molar-refractivity contribution in [2.24, 2.45) is 0 Å². The van der Waals surface area contributed by atoms with Gasteiger partial charge in [-0.05, 0) is 35.7 Å². The number of nitrogens with one attached hydrogen (secondary N) is 1. The summed E-state index contributed by atoms with van der Waals surface area (Å²) in [5.41, 5.74) is 1.79. The molecule has 0 saturated carbocycles. The first-order chi connectivity index (χ1) is 9.65. The van der Waals surface area contributed by atoms with Crippen LogP contribution in [0.3, 0.4) is 0 Å². The molecule has 0 fully saturated rings. The highest BCUT2D eigenvalue weighted by Crippen LogP contribution is 2.19. The van der Waals surface area contributed by atoms with Crippen molar-refractivity contribution in [3.05, 3.63) is 65.7 Å². The lowest BCUT2D eigenvalue weighted by Crippen LogP contribution is -2.24. The van der Waals surface area contributed by atoms with Gasteiger partial charge in [0.2, 0.25) is 5.91 Å². The third-order valence-corrected chi connectivity index (χ3v) is 3.12. The van der Waals surface area contributed by atoms with Gasteiger partial charge >= 0.3 is 0 Å². The minimum Gasteiger partial charge on any atom is -0.350 e. The van der Waals surface area contributed by atoms with E-state index in [2.05, 4.69) is 10.3 Å². The molecule has 0 spiro atoms. The molecule has 1 aromatic heterocycles. The molecule has 1 amide bonds. The summed E-state index contributed by atoms with van der Waals surface area (Å²) in [7, 11) is 0. The monoisotopic (exact) mass is 272 g/mol. The fourth-order valence-corrected chi connectivity index (χ4v) is 1.95. The van der Waals surface area contributed by atoms with Gasteiger partial charge < -0.3 is 5.32 Å². The topological polar surface area (TPSA) is 42.0 Å². The lowest BCUT2D eigenvalue weighted by molar-refractivity contribution is -0.121. The van der Waals surface area contributed by atoms with Gasteiger partial charge in [0, 0.05) is 12.6 Å². The van der Waals surface area contributed by atoms with E-state index in [1.807, 2.05) is 25.1 Å². The molecule has 0 saturated heterocycles. The van der Waals surface area contributed by atoms with Crippen LogP contribution in [0.25, 0.3) is 0 Å². The van der Waals surface area contributed by atoms with Gasteiger partial charge in [0.25, 0.3) is 0 Å². The molecule has 1 aromatic carbocycles. The fourth-order valence-electron chi connectivity index (χ4n) is 1.95. The quantitative estimate of drug-likeness (QED) is 0.909. The van der Waals surface area contributed by atoms with Crippen molar-refractivity contribution in [3.8, 4) is 0 Å². The number of halogens is 1. The van der Waals surface area contributed by atoms with Crippen LogP contribution in [-0.2, 0) is 11.3 Å². The van der Waals surface area contributed by atoms with Crippen molar-refractivity contribution in [3.63, 3.8) is 0 Å². The number of amides is 1. The lowest BCUT2D eigenvalue weighted by Gasteiger charge is -2.12. The molecule has 0 aliphatic carbocycles. The number of nitrogens with zero attached hydrogens (tertiary/aromatic N) is 1. The first-order valence-corrected chi connectivity index (χ1v) is 6.57. The summed E-state index contributed by atoms with van der Waals surface area (Å²) in [6, 6.07) is 11.8. The van der Waals surface area contributed by atoms with E-state index in [0.717, 1.165) is 11.3 Å². The third kappa shape index (κ3) is 4.16. The van der Waals surface area contributed by atoms with E-state index in [1.54, 1.807) is 18.3 Å². The van der Waals surface area contributed by atoms with Gasteiger partial charge in [-0.2, -0.15) is 0 Å². The second-order valence-corrected chi connectivity index (χ2v) is 4.75. The van der Waals surface area contributed by atoms with Crippen LogP contribution in [0, 0.1) is 5.82 Å². The van der Waals surface area contributed by atoms with Crippen molar-refractivity contribution in [1.29, 1.82) is 0 Å². The first kappa shape index (κ1) is 14.2. The molecule has 0 aliphatic heterocycles. The summed E-state index contributed by atoms with van der Waals surface area (Å²) in [5, 5.41) is 2.84. The molecule has 1 heterocycles. The van der Waals surface area contributed by atoms with E-state index >= 15 is 0 Å². The van der Waals surface area contributed by atoms with E-state index in [9.17, 15) is 9.18 Å². The average molecular weight is 272 g/mol. The molecule has 104 valence electrons. The summed E-state index contributed by atoms with van der Waals surface area (Å²) >= 11 is 0. The van der Waals surface area contributed by atoms with E-state index in [0.29, 0.717) is 13.0 Å². The van der Waals surface area contributed by atoms with Gasteiger partial charge in [0.05, 0.1) is 12.2 Å². The van der Waals surface area contributed by atoms with E-state index < -0.39 is 0 Å². The highest BCUT2D eigenvalue weighted by Gasteiger charge is 2.11. The molecule has 2 rings (SSSR count). The zero-order chi connectivity index (χ0) is 14.4.